The van der Waals surface area contributed by atoms with Crippen molar-refractivity contribution in [1.82, 2.24) is 10.7 Å². The monoisotopic (exact) mass is 399 g/mol. The Morgan fingerprint density at radius 2 is 2.04 bits per heavy atom. The van der Waals surface area contributed by atoms with Crippen molar-refractivity contribution in [2.45, 2.75) is 33.2 Å². The quantitative estimate of drug-likeness (QED) is 0.417. The predicted octanol–water partition coefficient (Wildman–Crippen LogP) is 2.22. The highest BCUT2D eigenvalue weighted by molar-refractivity contribution is 9.10. The van der Waals surface area contributed by atoms with Gasteiger partial charge in [-0.25, -0.2) is 5.43 Å². The molecule has 0 aromatic heterocycles. The van der Waals surface area contributed by atoms with Crippen LogP contribution >= 0.6 is 15.9 Å². The van der Waals surface area contributed by atoms with Crippen LogP contribution in [0, 0.1) is 0 Å². The van der Waals surface area contributed by atoms with E-state index < -0.39 is 11.8 Å². The molecular formula is C16H22BrN3O4. The SMILES string of the molecule is CCOc1cc(/C=N\NC(=O)C(=O)N[C@H](C)CC)cc(Br)c1OC. The smallest absolute Gasteiger partial charge is 0.329 e. The van der Waals surface area contributed by atoms with E-state index in [1.165, 1.54) is 6.21 Å². The Labute approximate surface area is 149 Å². The van der Waals surface area contributed by atoms with E-state index in [2.05, 4.69) is 31.8 Å². The normalized spacial score (nSPS) is 11.9. The van der Waals surface area contributed by atoms with Crippen molar-refractivity contribution in [3.05, 3.63) is 22.2 Å². The van der Waals surface area contributed by atoms with Gasteiger partial charge in [-0.2, -0.15) is 5.10 Å². The highest BCUT2D eigenvalue weighted by atomic mass is 79.9. The van der Waals surface area contributed by atoms with Crippen LogP contribution in [-0.4, -0.2) is 37.8 Å². The maximum Gasteiger partial charge on any atom is 0.329 e. The number of hydrazone groups is 1. The average molecular weight is 400 g/mol. The van der Waals surface area contributed by atoms with Crippen molar-refractivity contribution < 1.29 is 19.1 Å². The van der Waals surface area contributed by atoms with Crippen molar-refractivity contribution in [1.29, 1.82) is 0 Å². The van der Waals surface area contributed by atoms with Gasteiger partial charge in [0.15, 0.2) is 11.5 Å². The van der Waals surface area contributed by atoms with Gasteiger partial charge in [-0.05, 0) is 53.9 Å². The van der Waals surface area contributed by atoms with E-state index in [0.29, 0.717) is 28.1 Å². The van der Waals surface area contributed by atoms with Crippen LogP contribution in [0.2, 0.25) is 0 Å². The lowest BCUT2D eigenvalue weighted by molar-refractivity contribution is -0.139. The molecule has 0 aliphatic rings. The van der Waals surface area contributed by atoms with Gasteiger partial charge in [0, 0.05) is 6.04 Å². The van der Waals surface area contributed by atoms with Gasteiger partial charge in [0.25, 0.3) is 0 Å². The fraction of sp³-hybridized carbons (Fsp3) is 0.438. The summed E-state index contributed by atoms with van der Waals surface area (Å²) in [6, 6.07) is 3.41. The van der Waals surface area contributed by atoms with Crippen LogP contribution in [0.25, 0.3) is 0 Å². The Hall–Kier alpha value is -2.09. The first-order chi connectivity index (χ1) is 11.4. The zero-order chi connectivity index (χ0) is 18.1. The maximum atomic E-state index is 11.6. The lowest BCUT2D eigenvalue weighted by atomic mass is 10.2. The third kappa shape index (κ3) is 5.84. The number of methoxy groups -OCH3 is 1. The molecule has 0 aliphatic carbocycles. The molecule has 7 nitrogen and oxygen atoms in total. The summed E-state index contributed by atoms with van der Waals surface area (Å²) < 4.78 is 11.5. The second-order valence-electron chi connectivity index (χ2n) is 4.95. The van der Waals surface area contributed by atoms with Crippen molar-refractivity contribution in [2.75, 3.05) is 13.7 Å². The standard InChI is InChI=1S/C16H22BrN3O4/c1-5-10(3)19-15(21)16(22)20-18-9-11-7-12(17)14(23-4)13(8-11)24-6-2/h7-10H,5-6H2,1-4H3,(H,19,21)(H,20,22)/b18-9-/t10-/m1/s1. The number of nitrogens with one attached hydrogen (secondary N) is 2. The number of carbonyl (C=O) groups is 2. The van der Waals surface area contributed by atoms with Crippen LogP contribution in [-0.2, 0) is 9.59 Å². The van der Waals surface area contributed by atoms with Crippen molar-refractivity contribution in [3.8, 4) is 11.5 Å². The first-order valence-electron chi connectivity index (χ1n) is 7.57. The summed E-state index contributed by atoms with van der Waals surface area (Å²) in [6.45, 7) is 6.08. The van der Waals surface area contributed by atoms with Gasteiger partial charge in [0.2, 0.25) is 0 Å². The zero-order valence-corrected chi connectivity index (χ0v) is 15.8. The molecule has 1 rings (SSSR count). The Morgan fingerprint density at radius 3 is 2.62 bits per heavy atom. The lowest BCUT2D eigenvalue weighted by Gasteiger charge is -2.12. The average Bonchev–Trinajstić information content (AvgIpc) is 2.54. The second kappa shape index (κ2) is 9.92. The van der Waals surface area contributed by atoms with Crippen LogP contribution in [0.3, 0.4) is 0 Å². The van der Waals surface area contributed by atoms with E-state index in [1.807, 2.05) is 20.8 Å². The molecule has 0 saturated carbocycles. The van der Waals surface area contributed by atoms with E-state index in [1.54, 1.807) is 19.2 Å². The summed E-state index contributed by atoms with van der Waals surface area (Å²) in [5.41, 5.74) is 2.87. The first kappa shape index (κ1) is 20.0. The highest BCUT2D eigenvalue weighted by Gasteiger charge is 2.14. The molecule has 0 fully saturated rings. The topological polar surface area (TPSA) is 89.0 Å². The second-order valence-corrected chi connectivity index (χ2v) is 5.80. The maximum absolute atomic E-state index is 11.6. The van der Waals surface area contributed by atoms with E-state index in [-0.39, 0.29) is 6.04 Å². The molecule has 0 heterocycles. The Kier molecular flexibility index (Phi) is 8.25. The number of hydrogen-bond donors (Lipinski definition) is 2. The number of hydrogen-bond acceptors (Lipinski definition) is 5. The number of rotatable bonds is 7. The number of amides is 2. The predicted molar refractivity (Wildman–Crippen MR) is 95.5 cm³/mol. The van der Waals surface area contributed by atoms with Crippen molar-refractivity contribution >= 4 is 34.0 Å². The van der Waals surface area contributed by atoms with Crippen LogP contribution in [0.15, 0.2) is 21.7 Å². The molecule has 1 aromatic carbocycles. The summed E-state index contributed by atoms with van der Waals surface area (Å²) in [4.78, 5) is 23.2. The molecule has 0 radical (unpaired) electrons. The van der Waals surface area contributed by atoms with E-state index >= 15 is 0 Å². The van der Waals surface area contributed by atoms with Gasteiger partial charge < -0.3 is 14.8 Å². The molecule has 0 aliphatic heterocycles. The summed E-state index contributed by atoms with van der Waals surface area (Å²) >= 11 is 3.39. The van der Waals surface area contributed by atoms with Crippen molar-refractivity contribution in [2.24, 2.45) is 5.10 Å². The molecule has 0 saturated heterocycles. The third-order valence-corrected chi connectivity index (χ3v) is 3.70. The van der Waals surface area contributed by atoms with Crippen LogP contribution < -0.4 is 20.2 Å². The van der Waals surface area contributed by atoms with Gasteiger partial charge >= 0.3 is 11.8 Å². The summed E-state index contributed by atoms with van der Waals surface area (Å²) in [6.07, 6.45) is 2.16. The number of carbonyl (C=O) groups excluding carboxylic acids is 2. The number of benzene rings is 1. The largest absolute Gasteiger partial charge is 0.492 e. The molecule has 2 amide bonds. The minimum atomic E-state index is -0.816. The molecule has 132 valence electrons. The minimum Gasteiger partial charge on any atom is -0.492 e. The van der Waals surface area contributed by atoms with Gasteiger partial charge in [-0.15, -0.1) is 0 Å². The van der Waals surface area contributed by atoms with Gasteiger partial charge in [0.05, 0.1) is 24.4 Å². The Balaban J connectivity index is 2.77. The van der Waals surface area contributed by atoms with E-state index in [4.69, 9.17) is 9.47 Å². The number of nitrogens with zero attached hydrogens (tertiary/aromatic N) is 1. The van der Waals surface area contributed by atoms with Crippen LogP contribution in [0.4, 0.5) is 0 Å². The third-order valence-electron chi connectivity index (χ3n) is 3.11. The fourth-order valence-electron chi connectivity index (χ4n) is 1.73. The lowest BCUT2D eigenvalue weighted by Crippen LogP contribution is -2.41. The molecule has 0 bridgehead atoms. The molecule has 8 heteroatoms. The van der Waals surface area contributed by atoms with Gasteiger partial charge in [-0.3, -0.25) is 9.59 Å². The molecule has 24 heavy (non-hydrogen) atoms. The summed E-state index contributed by atoms with van der Waals surface area (Å²) in [5.74, 6) is -0.404. The highest BCUT2D eigenvalue weighted by Crippen LogP contribution is 2.36. The van der Waals surface area contributed by atoms with E-state index in [0.717, 1.165) is 6.42 Å². The fourth-order valence-corrected chi connectivity index (χ4v) is 2.35. The first-order valence-corrected chi connectivity index (χ1v) is 8.36. The van der Waals surface area contributed by atoms with Crippen LogP contribution in [0.5, 0.6) is 11.5 Å². The van der Waals surface area contributed by atoms with E-state index in [9.17, 15) is 9.59 Å². The zero-order valence-electron chi connectivity index (χ0n) is 14.2. The number of ether oxygens (including phenoxy) is 2. The van der Waals surface area contributed by atoms with Crippen molar-refractivity contribution in [3.63, 3.8) is 0 Å². The summed E-state index contributed by atoms with van der Waals surface area (Å²) in [5, 5.41) is 6.35. The van der Waals surface area contributed by atoms with Gasteiger partial charge in [-0.1, -0.05) is 6.92 Å². The molecule has 1 atom stereocenters. The molecule has 2 N–H and O–H groups in total. The molecule has 0 unspecified atom stereocenters. The molecular weight excluding hydrogens is 378 g/mol. The van der Waals surface area contributed by atoms with Gasteiger partial charge in [0.1, 0.15) is 0 Å². The molecule has 1 aromatic rings. The van der Waals surface area contributed by atoms with Crippen LogP contribution in [0.1, 0.15) is 32.8 Å². The summed E-state index contributed by atoms with van der Waals surface area (Å²) in [7, 11) is 1.55. The Morgan fingerprint density at radius 1 is 1.33 bits per heavy atom. The number of halogens is 1. The Bertz CT molecular complexity index is 620. The molecule has 0 spiro atoms. The minimum absolute atomic E-state index is 0.0708.